The van der Waals surface area contributed by atoms with E-state index in [0.29, 0.717) is 12.0 Å². The maximum absolute atomic E-state index is 6.04. The fraction of sp³-hybridized carbons (Fsp3) is 0.750. The molecule has 2 fully saturated rings. The SMILES string of the molecule is Cc1ccc(CN2CCC(OCC3CCOC3)CC2)o1. The van der Waals surface area contributed by atoms with Crippen LogP contribution in [0.3, 0.4) is 0 Å². The molecule has 4 heteroatoms. The van der Waals surface area contributed by atoms with E-state index in [-0.39, 0.29) is 0 Å². The number of aryl methyl sites for hydroxylation is 1. The highest BCUT2D eigenvalue weighted by Gasteiger charge is 2.23. The van der Waals surface area contributed by atoms with Crippen LogP contribution in [-0.2, 0) is 16.0 Å². The number of ether oxygens (including phenoxy) is 2. The molecule has 0 aromatic carbocycles. The van der Waals surface area contributed by atoms with Crippen LogP contribution in [0.25, 0.3) is 0 Å². The number of nitrogens with zero attached hydrogens (tertiary/aromatic N) is 1. The second-order valence-corrected chi connectivity index (χ2v) is 6.05. The predicted molar refractivity (Wildman–Crippen MR) is 76.6 cm³/mol. The third-order valence-corrected chi connectivity index (χ3v) is 4.30. The highest BCUT2D eigenvalue weighted by Crippen LogP contribution is 2.20. The maximum atomic E-state index is 6.04. The monoisotopic (exact) mass is 279 g/mol. The topological polar surface area (TPSA) is 34.8 Å². The van der Waals surface area contributed by atoms with E-state index in [4.69, 9.17) is 13.9 Å². The highest BCUT2D eigenvalue weighted by molar-refractivity contribution is 5.05. The van der Waals surface area contributed by atoms with Gasteiger partial charge < -0.3 is 13.9 Å². The van der Waals surface area contributed by atoms with Crippen LogP contribution in [0.15, 0.2) is 16.5 Å². The largest absolute Gasteiger partial charge is 0.465 e. The molecule has 3 rings (SSSR count). The molecule has 2 aliphatic heterocycles. The summed E-state index contributed by atoms with van der Waals surface area (Å²) in [6.45, 7) is 7.80. The number of furan rings is 1. The molecule has 0 spiro atoms. The molecule has 112 valence electrons. The molecule has 3 heterocycles. The lowest BCUT2D eigenvalue weighted by Gasteiger charge is -2.31. The third-order valence-electron chi connectivity index (χ3n) is 4.30. The zero-order valence-electron chi connectivity index (χ0n) is 12.3. The number of hydrogen-bond donors (Lipinski definition) is 0. The first-order chi connectivity index (χ1) is 9.79. The normalized spacial score (nSPS) is 25.4. The van der Waals surface area contributed by atoms with Gasteiger partial charge in [0.2, 0.25) is 0 Å². The van der Waals surface area contributed by atoms with Crippen LogP contribution in [0.1, 0.15) is 30.8 Å². The molecule has 1 aromatic heterocycles. The lowest BCUT2D eigenvalue weighted by atomic mass is 10.1. The Kier molecular flexibility index (Phi) is 4.76. The van der Waals surface area contributed by atoms with Crippen molar-refractivity contribution in [2.24, 2.45) is 5.92 Å². The number of piperidine rings is 1. The minimum Gasteiger partial charge on any atom is -0.465 e. The van der Waals surface area contributed by atoms with Crippen molar-refractivity contribution in [1.82, 2.24) is 4.90 Å². The van der Waals surface area contributed by atoms with E-state index in [1.54, 1.807) is 0 Å². The summed E-state index contributed by atoms with van der Waals surface area (Å²) in [5, 5.41) is 0. The molecule has 1 atom stereocenters. The fourth-order valence-electron chi connectivity index (χ4n) is 3.01. The van der Waals surface area contributed by atoms with E-state index in [2.05, 4.69) is 11.0 Å². The summed E-state index contributed by atoms with van der Waals surface area (Å²) in [5.41, 5.74) is 0. The van der Waals surface area contributed by atoms with Crippen molar-refractivity contribution in [3.63, 3.8) is 0 Å². The summed E-state index contributed by atoms with van der Waals surface area (Å²) < 4.78 is 17.1. The van der Waals surface area contributed by atoms with Gasteiger partial charge in [-0.1, -0.05) is 0 Å². The van der Waals surface area contributed by atoms with Crippen LogP contribution >= 0.6 is 0 Å². The Hall–Kier alpha value is -0.840. The molecule has 20 heavy (non-hydrogen) atoms. The molecule has 1 aromatic rings. The quantitative estimate of drug-likeness (QED) is 0.830. The lowest BCUT2D eigenvalue weighted by Crippen LogP contribution is -2.37. The van der Waals surface area contributed by atoms with Crippen LogP contribution in [-0.4, -0.2) is 43.9 Å². The van der Waals surface area contributed by atoms with Gasteiger partial charge in [-0.2, -0.15) is 0 Å². The summed E-state index contributed by atoms with van der Waals surface area (Å²) in [6, 6.07) is 4.12. The molecule has 0 amide bonds. The van der Waals surface area contributed by atoms with Gasteiger partial charge in [-0.05, 0) is 38.3 Å². The van der Waals surface area contributed by atoms with Crippen LogP contribution in [0, 0.1) is 12.8 Å². The van der Waals surface area contributed by atoms with Gasteiger partial charge >= 0.3 is 0 Å². The van der Waals surface area contributed by atoms with Crippen molar-refractivity contribution in [3.8, 4) is 0 Å². The van der Waals surface area contributed by atoms with E-state index in [1.807, 2.05) is 13.0 Å². The Labute approximate surface area is 121 Å². The van der Waals surface area contributed by atoms with Gasteiger partial charge in [0.25, 0.3) is 0 Å². The molecular formula is C16H25NO3. The van der Waals surface area contributed by atoms with Crippen molar-refractivity contribution in [2.75, 3.05) is 32.9 Å². The summed E-state index contributed by atoms with van der Waals surface area (Å²) in [7, 11) is 0. The molecule has 0 radical (unpaired) electrons. The van der Waals surface area contributed by atoms with Gasteiger partial charge in [0.15, 0.2) is 0 Å². The first kappa shape index (κ1) is 14.1. The Morgan fingerprint density at radius 3 is 2.75 bits per heavy atom. The Balaban J connectivity index is 1.36. The zero-order valence-corrected chi connectivity index (χ0v) is 12.3. The van der Waals surface area contributed by atoms with Gasteiger partial charge in [0.1, 0.15) is 11.5 Å². The van der Waals surface area contributed by atoms with Crippen molar-refractivity contribution < 1.29 is 13.9 Å². The number of hydrogen-bond acceptors (Lipinski definition) is 4. The molecule has 0 bridgehead atoms. The standard InChI is InChI=1S/C16H25NO3/c1-13-2-3-16(20-13)10-17-7-4-15(5-8-17)19-12-14-6-9-18-11-14/h2-3,14-15H,4-12H2,1H3. The van der Waals surface area contributed by atoms with E-state index in [9.17, 15) is 0 Å². The van der Waals surface area contributed by atoms with Gasteiger partial charge in [0.05, 0.1) is 25.9 Å². The Morgan fingerprint density at radius 1 is 1.25 bits per heavy atom. The summed E-state index contributed by atoms with van der Waals surface area (Å²) in [4.78, 5) is 2.46. The number of rotatable bonds is 5. The zero-order chi connectivity index (χ0) is 13.8. The first-order valence-electron chi connectivity index (χ1n) is 7.76. The molecule has 0 saturated carbocycles. The average molecular weight is 279 g/mol. The highest BCUT2D eigenvalue weighted by atomic mass is 16.5. The van der Waals surface area contributed by atoms with Crippen LogP contribution < -0.4 is 0 Å². The minimum absolute atomic E-state index is 0.435. The number of likely N-dealkylation sites (tertiary alicyclic amines) is 1. The lowest BCUT2D eigenvalue weighted by molar-refractivity contribution is -0.0126. The van der Waals surface area contributed by atoms with Gasteiger partial charge in [-0.3, -0.25) is 4.90 Å². The fourth-order valence-corrected chi connectivity index (χ4v) is 3.01. The molecule has 2 aliphatic rings. The Bertz CT molecular complexity index is 404. The summed E-state index contributed by atoms with van der Waals surface area (Å²) in [6.07, 6.45) is 3.86. The molecular weight excluding hydrogens is 254 g/mol. The van der Waals surface area contributed by atoms with Crippen molar-refractivity contribution >= 4 is 0 Å². The smallest absolute Gasteiger partial charge is 0.118 e. The van der Waals surface area contributed by atoms with Crippen LogP contribution in [0.4, 0.5) is 0 Å². The van der Waals surface area contributed by atoms with Crippen LogP contribution in [0.5, 0.6) is 0 Å². The average Bonchev–Trinajstić information content (AvgIpc) is 3.10. The summed E-state index contributed by atoms with van der Waals surface area (Å²) >= 11 is 0. The molecule has 2 saturated heterocycles. The minimum atomic E-state index is 0.435. The van der Waals surface area contributed by atoms with E-state index in [1.165, 1.54) is 0 Å². The second-order valence-electron chi connectivity index (χ2n) is 6.05. The molecule has 0 aliphatic carbocycles. The predicted octanol–water partition coefficient (Wildman–Crippen LogP) is 2.61. The summed E-state index contributed by atoms with van der Waals surface area (Å²) in [5.74, 6) is 2.70. The van der Waals surface area contributed by atoms with E-state index < -0.39 is 0 Å². The van der Waals surface area contributed by atoms with Crippen molar-refractivity contribution in [2.45, 2.75) is 38.8 Å². The van der Waals surface area contributed by atoms with Gasteiger partial charge in [0, 0.05) is 25.6 Å². The third kappa shape index (κ3) is 3.84. The van der Waals surface area contributed by atoms with E-state index >= 15 is 0 Å². The molecule has 0 N–H and O–H groups in total. The Morgan fingerprint density at radius 2 is 2.10 bits per heavy atom. The van der Waals surface area contributed by atoms with Gasteiger partial charge in [-0.25, -0.2) is 0 Å². The molecule has 4 nitrogen and oxygen atoms in total. The first-order valence-corrected chi connectivity index (χ1v) is 7.76. The second kappa shape index (κ2) is 6.74. The van der Waals surface area contributed by atoms with Gasteiger partial charge in [-0.15, -0.1) is 0 Å². The van der Waals surface area contributed by atoms with Crippen molar-refractivity contribution in [1.29, 1.82) is 0 Å². The van der Waals surface area contributed by atoms with E-state index in [0.717, 1.165) is 70.2 Å². The van der Waals surface area contributed by atoms with Crippen LogP contribution in [0.2, 0.25) is 0 Å². The van der Waals surface area contributed by atoms with Crippen molar-refractivity contribution in [3.05, 3.63) is 23.7 Å². The maximum Gasteiger partial charge on any atom is 0.118 e. The molecule has 1 unspecified atom stereocenters.